The van der Waals surface area contributed by atoms with Crippen molar-refractivity contribution in [3.05, 3.63) is 29.8 Å². The summed E-state index contributed by atoms with van der Waals surface area (Å²) in [4.78, 5) is 10.4. The molecule has 1 aliphatic carbocycles. The maximum Gasteiger partial charge on any atom is 0.341 e. The van der Waals surface area contributed by atoms with E-state index in [2.05, 4.69) is 0 Å². The van der Waals surface area contributed by atoms with Crippen molar-refractivity contribution < 1.29 is 19.4 Å². The van der Waals surface area contributed by atoms with Crippen molar-refractivity contribution in [2.45, 2.75) is 25.9 Å². The third kappa shape index (κ3) is 4.04. The molecule has 0 saturated heterocycles. The van der Waals surface area contributed by atoms with Crippen molar-refractivity contribution in [2.75, 3.05) is 13.2 Å². The normalized spacial score (nSPS) is 15.1. The Hall–Kier alpha value is -1.55. The zero-order valence-corrected chi connectivity index (χ0v) is 10.3. The summed E-state index contributed by atoms with van der Waals surface area (Å²) < 4.78 is 10.7. The fourth-order valence-corrected chi connectivity index (χ4v) is 1.87. The molecule has 0 heterocycles. The van der Waals surface area contributed by atoms with Gasteiger partial charge in [0.2, 0.25) is 0 Å². The van der Waals surface area contributed by atoms with Gasteiger partial charge in [-0.05, 0) is 36.5 Å². The van der Waals surface area contributed by atoms with Gasteiger partial charge in [-0.15, -0.1) is 0 Å². The highest BCUT2D eigenvalue weighted by Crippen LogP contribution is 2.26. The molecule has 1 N–H and O–H groups in total. The van der Waals surface area contributed by atoms with E-state index in [0.29, 0.717) is 12.4 Å². The molecule has 0 aliphatic heterocycles. The van der Waals surface area contributed by atoms with E-state index in [0.717, 1.165) is 18.1 Å². The standard InChI is InChI=1S/C14H18O4/c15-14(16)10-18-13-6-2-5-12(7-13)9-17-8-11-3-1-4-11/h2,5-7,11H,1,3-4,8-10H2,(H,15,16). The molecule has 1 aliphatic rings. The van der Waals surface area contributed by atoms with Crippen LogP contribution >= 0.6 is 0 Å². The number of benzene rings is 1. The zero-order valence-electron chi connectivity index (χ0n) is 10.3. The summed E-state index contributed by atoms with van der Waals surface area (Å²) in [6.07, 6.45) is 3.88. The zero-order chi connectivity index (χ0) is 12.8. The van der Waals surface area contributed by atoms with Crippen LogP contribution in [-0.4, -0.2) is 24.3 Å². The number of hydrogen-bond acceptors (Lipinski definition) is 3. The fourth-order valence-electron chi connectivity index (χ4n) is 1.87. The molecule has 1 aromatic rings. The monoisotopic (exact) mass is 250 g/mol. The Labute approximate surface area is 107 Å². The van der Waals surface area contributed by atoms with E-state index >= 15 is 0 Å². The summed E-state index contributed by atoms with van der Waals surface area (Å²) in [6.45, 7) is 1.06. The van der Waals surface area contributed by atoms with Gasteiger partial charge in [0.25, 0.3) is 0 Å². The molecule has 1 fully saturated rings. The van der Waals surface area contributed by atoms with Gasteiger partial charge in [-0.2, -0.15) is 0 Å². The van der Waals surface area contributed by atoms with Crippen LogP contribution in [0, 0.1) is 5.92 Å². The Bertz CT molecular complexity index is 399. The Morgan fingerprint density at radius 1 is 1.39 bits per heavy atom. The van der Waals surface area contributed by atoms with E-state index in [4.69, 9.17) is 14.6 Å². The van der Waals surface area contributed by atoms with Gasteiger partial charge in [-0.3, -0.25) is 0 Å². The van der Waals surface area contributed by atoms with Crippen molar-refractivity contribution in [3.8, 4) is 5.75 Å². The van der Waals surface area contributed by atoms with Crippen LogP contribution in [0.4, 0.5) is 0 Å². The first kappa shape index (κ1) is 12.9. The third-order valence-corrected chi connectivity index (χ3v) is 3.11. The number of carbonyl (C=O) groups is 1. The van der Waals surface area contributed by atoms with Gasteiger partial charge in [-0.25, -0.2) is 4.79 Å². The molecule has 1 aromatic carbocycles. The van der Waals surface area contributed by atoms with Gasteiger partial charge in [0, 0.05) is 6.61 Å². The highest BCUT2D eigenvalue weighted by molar-refractivity contribution is 5.68. The van der Waals surface area contributed by atoms with E-state index in [9.17, 15) is 4.79 Å². The molecule has 18 heavy (non-hydrogen) atoms. The molecule has 0 bridgehead atoms. The Balaban J connectivity index is 1.76. The van der Waals surface area contributed by atoms with E-state index in [1.54, 1.807) is 6.07 Å². The average Bonchev–Trinajstić information content (AvgIpc) is 2.30. The predicted molar refractivity (Wildman–Crippen MR) is 66.6 cm³/mol. The quantitative estimate of drug-likeness (QED) is 0.807. The van der Waals surface area contributed by atoms with Gasteiger partial charge in [0.1, 0.15) is 5.75 Å². The van der Waals surface area contributed by atoms with Gasteiger partial charge >= 0.3 is 5.97 Å². The largest absolute Gasteiger partial charge is 0.482 e. The topological polar surface area (TPSA) is 55.8 Å². The van der Waals surface area contributed by atoms with Crippen molar-refractivity contribution >= 4 is 5.97 Å². The smallest absolute Gasteiger partial charge is 0.341 e. The van der Waals surface area contributed by atoms with Crippen LogP contribution in [0.5, 0.6) is 5.75 Å². The van der Waals surface area contributed by atoms with Crippen LogP contribution in [0.15, 0.2) is 24.3 Å². The van der Waals surface area contributed by atoms with Crippen LogP contribution in [0.1, 0.15) is 24.8 Å². The van der Waals surface area contributed by atoms with Crippen molar-refractivity contribution in [1.82, 2.24) is 0 Å². The molecule has 4 nitrogen and oxygen atoms in total. The Morgan fingerprint density at radius 3 is 2.89 bits per heavy atom. The lowest BCUT2D eigenvalue weighted by molar-refractivity contribution is -0.139. The number of rotatable bonds is 7. The SMILES string of the molecule is O=C(O)COc1cccc(COCC2CCC2)c1. The van der Waals surface area contributed by atoms with Gasteiger partial charge in [0.15, 0.2) is 6.61 Å². The lowest BCUT2D eigenvalue weighted by atomic mass is 9.86. The van der Waals surface area contributed by atoms with Crippen LogP contribution < -0.4 is 4.74 Å². The number of hydrogen-bond donors (Lipinski definition) is 1. The van der Waals surface area contributed by atoms with Crippen LogP contribution in [-0.2, 0) is 16.1 Å². The Morgan fingerprint density at radius 2 is 2.22 bits per heavy atom. The van der Waals surface area contributed by atoms with Crippen molar-refractivity contribution in [2.24, 2.45) is 5.92 Å². The maximum atomic E-state index is 10.4. The molecule has 0 unspecified atom stereocenters. The molecule has 0 atom stereocenters. The summed E-state index contributed by atoms with van der Waals surface area (Å²) in [5, 5.41) is 8.53. The predicted octanol–water partition coefficient (Wildman–Crippen LogP) is 2.47. The van der Waals surface area contributed by atoms with E-state index in [1.807, 2.05) is 18.2 Å². The molecule has 98 valence electrons. The van der Waals surface area contributed by atoms with Gasteiger partial charge in [-0.1, -0.05) is 18.6 Å². The Kier molecular flexibility index (Phi) is 4.59. The lowest BCUT2D eigenvalue weighted by Crippen LogP contribution is -2.17. The number of carboxylic acid groups (broad SMARTS) is 1. The summed E-state index contributed by atoms with van der Waals surface area (Å²) in [7, 11) is 0. The second kappa shape index (κ2) is 6.40. The molecule has 0 amide bonds. The average molecular weight is 250 g/mol. The van der Waals surface area contributed by atoms with Crippen LogP contribution in [0.3, 0.4) is 0 Å². The number of ether oxygens (including phenoxy) is 2. The third-order valence-electron chi connectivity index (χ3n) is 3.11. The first-order valence-electron chi connectivity index (χ1n) is 6.25. The minimum absolute atomic E-state index is 0.313. The summed E-state index contributed by atoms with van der Waals surface area (Å²) in [5.41, 5.74) is 1.01. The van der Waals surface area contributed by atoms with E-state index in [-0.39, 0.29) is 6.61 Å². The van der Waals surface area contributed by atoms with Gasteiger partial charge < -0.3 is 14.6 Å². The molecule has 0 aromatic heterocycles. The lowest BCUT2D eigenvalue weighted by Gasteiger charge is -2.24. The first-order chi connectivity index (χ1) is 8.74. The highest BCUT2D eigenvalue weighted by Gasteiger charge is 2.17. The summed E-state index contributed by atoms with van der Waals surface area (Å²) >= 11 is 0. The van der Waals surface area contributed by atoms with Crippen LogP contribution in [0.2, 0.25) is 0 Å². The van der Waals surface area contributed by atoms with E-state index < -0.39 is 5.97 Å². The second-order valence-electron chi connectivity index (χ2n) is 4.64. The second-order valence-corrected chi connectivity index (χ2v) is 4.64. The summed E-state index contributed by atoms with van der Waals surface area (Å²) in [5.74, 6) is 0.334. The molecule has 2 rings (SSSR count). The fraction of sp³-hybridized carbons (Fsp3) is 0.500. The molecular weight excluding hydrogens is 232 g/mol. The van der Waals surface area contributed by atoms with Crippen molar-refractivity contribution in [3.63, 3.8) is 0 Å². The van der Waals surface area contributed by atoms with Crippen LogP contribution in [0.25, 0.3) is 0 Å². The molecule has 0 spiro atoms. The molecule has 1 saturated carbocycles. The number of carboxylic acids is 1. The highest BCUT2D eigenvalue weighted by atomic mass is 16.5. The number of aliphatic carboxylic acids is 1. The minimum Gasteiger partial charge on any atom is -0.482 e. The van der Waals surface area contributed by atoms with E-state index in [1.165, 1.54) is 19.3 Å². The molecule has 0 radical (unpaired) electrons. The van der Waals surface area contributed by atoms with Crippen molar-refractivity contribution in [1.29, 1.82) is 0 Å². The molecular formula is C14H18O4. The summed E-state index contributed by atoms with van der Waals surface area (Å²) in [6, 6.07) is 7.37. The molecule has 4 heteroatoms. The maximum absolute atomic E-state index is 10.4. The first-order valence-corrected chi connectivity index (χ1v) is 6.25. The minimum atomic E-state index is -0.971. The van der Waals surface area contributed by atoms with Gasteiger partial charge in [0.05, 0.1) is 6.61 Å².